The Morgan fingerprint density at radius 2 is 1.90 bits per heavy atom. The molecule has 3 aromatic rings. The Hall–Kier alpha value is -3.16. The fourth-order valence-electron chi connectivity index (χ4n) is 6.26. The van der Waals surface area contributed by atoms with E-state index in [2.05, 4.69) is 35.0 Å². The first kappa shape index (κ1) is 27.0. The van der Waals surface area contributed by atoms with Gasteiger partial charge in [0.15, 0.2) is 0 Å². The van der Waals surface area contributed by atoms with Gasteiger partial charge in [-0.15, -0.1) is 0 Å². The van der Waals surface area contributed by atoms with Crippen molar-refractivity contribution in [3.63, 3.8) is 0 Å². The summed E-state index contributed by atoms with van der Waals surface area (Å²) in [5, 5.41) is 0. The lowest BCUT2D eigenvalue weighted by Crippen LogP contribution is -2.36. The minimum Gasteiger partial charge on any atom is -0.484 e. The zero-order chi connectivity index (χ0) is 27.8. The Labute approximate surface area is 235 Å². The van der Waals surface area contributed by atoms with Gasteiger partial charge in [-0.3, -0.25) is 19.7 Å². The molecule has 3 atom stereocenters. The predicted octanol–water partition coefficient (Wildman–Crippen LogP) is 6.21. The van der Waals surface area contributed by atoms with E-state index in [1.807, 2.05) is 19.1 Å². The molecule has 6 nitrogen and oxygen atoms in total. The third-order valence-electron chi connectivity index (χ3n) is 8.82. The van der Waals surface area contributed by atoms with Crippen LogP contribution in [0.2, 0.25) is 0 Å². The number of carbonyl (C=O) groups is 1. The van der Waals surface area contributed by atoms with Gasteiger partial charge in [0.25, 0.3) is 0 Å². The highest BCUT2D eigenvalue weighted by Crippen LogP contribution is 2.48. The van der Waals surface area contributed by atoms with Gasteiger partial charge in [0.1, 0.15) is 23.5 Å². The number of rotatable bonds is 8. The normalized spacial score (nSPS) is 20.9. The van der Waals surface area contributed by atoms with Crippen LogP contribution >= 0.6 is 0 Å². The number of hydrogen-bond donors (Lipinski definition) is 0. The molecule has 2 aliphatic heterocycles. The molecule has 0 bridgehead atoms. The molecular formula is C33H38FN3O3. The second-order valence-electron chi connectivity index (χ2n) is 11.7. The summed E-state index contributed by atoms with van der Waals surface area (Å²) >= 11 is 0. The zero-order valence-electron chi connectivity index (χ0n) is 23.7. The number of morpholine rings is 1. The molecule has 0 amide bonds. The molecule has 4 heterocycles. The lowest BCUT2D eigenvalue weighted by molar-refractivity contribution is -0.121. The predicted molar refractivity (Wildman–Crippen MR) is 152 cm³/mol. The lowest BCUT2D eigenvalue weighted by Gasteiger charge is -2.30. The van der Waals surface area contributed by atoms with E-state index >= 15 is 0 Å². The first-order chi connectivity index (χ1) is 19.4. The fourth-order valence-corrected chi connectivity index (χ4v) is 6.26. The van der Waals surface area contributed by atoms with Crippen molar-refractivity contribution in [2.45, 2.75) is 65.0 Å². The number of ketones is 1. The number of carbonyl (C=O) groups excluding carboxylic acids is 1. The molecule has 1 saturated heterocycles. The van der Waals surface area contributed by atoms with E-state index in [9.17, 15) is 9.18 Å². The molecule has 3 aliphatic rings. The van der Waals surface area contributed by atoms with Crippen molar-refractivity contribution < 1.29 is 18.7 Å². The molecule has 210 valence electrons. The molecule has 40 heavy (non-hydrogen) atoms. The van der Waals surface area contributed by atoms with Crippen molar-refractivity contribution in [1.82, 2.24) is 14.9 Å². The number of ether oxygens (including phenoxy) is 2. The second kappa shape index (κ2) is 11.4. The van der Waals surface area contributed by atoms with Gasteiger partial charge in [0, 0.05) is 42.4 Å². The van der Waals surface area contributed by atoms with Crippen LogP contribution in [0.15, 0.2) is 42.6 Å². The quantitative estimate of drug-likeness (QED) is 0.337. The van der Waals surface area contributed by atoms with Crippen LogP contribution in [-0.4, -0.2) is 47.0 Å². The number of halogens is 1. The van der Waals surface area contributed by atoms with Gasteiger partial charge in [0.2, 0.25) is 0 Å². The number of fused-ring (bicyclic) bond motifs is 1. The number of hydrogen-bond acceptors (Lipinski definition) is 6. The Bertz CT molecular complexity index is 1400. The van der Waals surface area contributed by atoms with Crippen molar-refractivity contribution in [2.75, 3.05) is 26.3 Å². The van der Waals surface area contributed by atoms with E-state index in [1.54, 1.807) is 13.0 Å². The highest BCUT2D eigenvalue weighted by atomic mass is 19.1. The molecule has 1 saturated carbocycles. The average Bonchev–Trinajstić information content (AvgIpc) is 3.80. The van der Waals surface area contributed by atoms with Gasteiger partial charge in [0.05, 0.1) is 30.8 Å². The fraction of sp³-hybridized carbons (Fsp3) is 0.485. The molecule has 1 aliphatic carbocycles. The van der Waals surface area contributed by atoms with E-state index in [0.717, 1.165) is 54.3 Å². The van der Waals surface area contributed by atoms with Gasteiger partial charge in [-0.25, -0.2) is 4.39 Å². The summed E-state index contributed by atoms with van der Waals surface area (Å²) in [7, 11) is 0. The minimum atomic E-state index is -0.344. The summed E-state index contributed by atoms with van der Waals surface area (Å²) in [4.78, 5) is 23.8. The SMILES string of the molecule is CC(=O)[C@@H](C)[C@H](c1ccc2c(c1)OC(c1ccc(-c3cc(C)ncc3F)c(CN3CCOCC3)n1)CC2)C1CC1. The van der Waals surface area contributed by atoms with E-state index in [1.165, 1.54) is 30.2 Å². The van der Waals surface area contributed by atoms with E-state index in [-0.39, 0.29) is 29.5 Å². The van der Waals surface area contributed by atoms with Crippen LogP contribution in [0.25, 0.3) is 11.1 Å². The van der Waals surface area contributed by atoms with E-state index in [4.69, 9.17) is 14.5 Å². The highest BCUT2D eigenvalue weighted by molar-refractivity contribution is 5.79. The Kier molecular flexibility index (Phi) is 7.69. The van der Waals surface area contributed by atoms with Crippen LogP contribution < -0.4 is 4.74 Å². The zero-order valence-corrected chi connectivity index (χ0v) is 23.7. The summed E-state index contributed by atoms with van der Waals surface area (Å²) in [6, 6.07) is 12.3. The molecule has 1 unspecified atom stereocenters. The van der Waals surface area contributed by atoms with Gasteiger partial charge in [-0.05, 0) is 80.7 Å². The molecule has 2 fully saturated rings. The molecule has 0 N–H and O–H groups in total. The van der Waals surface area contributed by atoms with Crippen molar-refractivity contribution in [3.05, 3.63) is 76.6 Å². The first-order valence-electron chi connectivity index (χ1n) is 14.6. The molecule has 7 heteroatoms. The molecular weight excluding hydrogens is 505 g/mol. The Morgan fingerprint density at radius 1 is 1.10 bits per heavy atom. The summed E-state index contributed by atoms with van der Waals surface area (Å²) in [5.74, 6) is 1.61. The van der Waals surface area contributed by atoms with Crippen LogP contribution in [0.1, 0.15) is 73.3 Å². The number of pyridine rings is 2. The average molecular weight is 544 g/mol. The molecule has 2 aromatic heterocycles. The van der Waals surface area contributed by atoms with Gasteiger partial charge in [-0.2, -0.15) is 0 Å². The van der Waals surface area contributed by atoms with Crippen molar-refractivity contribution >= 4 is 5.78 Å². The first-order valence-corrected chi connectivity index (χ1v) is 14.6. The number of nitrogens with zero attached hydrogens (tertiary/aromatic N) is 3. The smallest absolute Gasteiger partial charge is 0.149 e. The van der Waals surface area contributed by atoms with Crippen molar-refractivity contribution in [3.8, 4) is 16.9 Å². The Morgan fingerprint density at radius 3 is 2.65 bits per heavy atom. The monoisotopic (exact) mass is 543 g/mol. The van der Waals surface area contributed by atoms with Gasteiger partial charge in [-0.1, -0.05) is 25.1 Å². The molecule has 0 radical (unpaired) electrons. The molecule has 1 aromatic carbocycles. The minimum absolute atomic E-state index is 0.000822. The third-order valence-corrected chi connectivity index (χ3v) is 8.82. The number of aryl methyl sites for hydroxylation is 2. The summed E-state index contributed by atoms with van der Waals surface area (Å²) in [6.07, 6.45) is 5.20. The van der Waals surface area contributed by atoms with Crippen molar-refractivity contribution in [1.29, 1.82) is 0 Å². The summed E-state index contributed by atoms with van der Waals surface area (Å²) < 4.78 is 27.1. The lowest BCUT2D eigenvalue weighted by atomic mass is 9.80. The van der Waals surface area contributed by atoms with Crippen LogP contribution in [0.4, 0.5) is 4.39 Å². The van der Waals surface area contributed by atoms with E-state index in [0.29, 0.717) is 31.2 Å². The summed E-state index contributed by atoms with van der Waals surface area (Å²) in [6.45, 7) is 9.27. The third kappa shape index (κ3) is 5.68. The number of aromatic nitrogens is 2. The number of benzene rings is 1. The van der Waals surface area contributed by atoms with Gasteiger partial charge < -0.3 is 9.47 Å². The van der Waals surface area contributed by atoms with E-state index < -0.39 is 0 Å². The maximum Gasteiger partial charge on any atom is 0.149 e. The van der Waals surface area contributed by atoms with Crippen LogP contribution in [0.3, 0.4) is 0 Å². The Balaban J connectivity index is 1.31. The molecule has 0 spiro atoms. The van der Waals surface area contributed by atoms with Crippen LogP contribution in [-0.2, 0) is 22.5 Å². The van der Waals surface area contributed by atoms with Crippen molar-refractivity contribution in [2.24, 2.45) is 11.8 Å². The topological polar surface area (TPSA) is 64.5 Å². The molecule has 6 rings (SSSR count). The number of Topliss-reactive ketones (excluding diaryl/α,β-unsaturated/α-hetero) is 1. The second-order valence-corrected chi connectivity index (χ2v) is 11.7. The van der Waals surface area contributed by atoms with Gasteiger partial charge >= 0.3 is 0 Å². The van der Waals surface area contributed by atoms with Crippen LogP contribution in [0, 0.1) is 24.6 Å². The maximum atomic E-state index is 14.9. The highest BCUT2D eigenvalue weighted by Gasteiger charge is 2.38. The van der Waals surface area contributed by atoms with Crippen LogP contribution in [0.5, 0.6) is 5.75 Å². The summed E-state index contributed by atoms with van der Waals surface area (Å²) in [5.41, 5.74) is 6.20. The maximum absolute atomic E-state index is 14.9. The largest absolute Gasteiger partial charge is 0.484 e. The standard InChI is InChI=1S/C33H38FN3O3/c1-20-16-27(28(34)18-35-20)26-9-10-29(36-30(26)19-37-12-14-39-15-13-37)31-11-8-23-4-7-25(17-32(23)40-31)33(24-5-6-24)21(2)22(3)38/h4,7,9-10,16-18,21,24,31,33H,5-6,8,11-15,19H2,1-3H3/t21-,31?,33+/m1/s1.